The van der Waals surface area contributed by atoms with Crippen LogP contribution in [0.25, 0.3) is 6.08 Å². The van der Waals surface area contributed by atoms with Crippen molar-refractivity contribution in [2.45, 2.75) is 0 Å². The monoisotopic (exact) mass is 470 g/mol. The third-order valence-corrected chi connectivity index (χ3v) is 6.46. The first-order valence-corrected chi connectivity index (χ1v) is 12.0. The van der Waals surface area contributed by atoms with Crippen molar-refractivity contribution in [2.75, 3.05) is 44.3 Å². The number of amides is 1. The number of anilines is 1. The van der Waals surface area contributed by atoms with Crippen molar-refractivity contribution in [2.24, 2.45) is 4.99 Å². The van der Waals surface area contributed by atoms with Crippen LogP contribution in [-0.4, -0.2) is 60.8 Å². The van der Waals surface area contributed by atoms with E-state index >= 15 is 0 Å². The fourth-order valence-electron chi connectivity index (χ4n) is 4.40. The first-order valence-electron chi connectivity index (χ1n) is 11.6. The van der Waals surface area contributed by atoms with E-state index in [-0.39, 0.29) is 5.91 Å². The van der Waals surface area contributed by atoms with E-state index in [9.17, 15) is 4.79 Å². The number of aliphatic imine (C=N–C) groups is 1. The molecule has 5 nitrogen and oxygen atoms in total. The van der Waals surface area contributed by atoms with Crippen LogP contribution in [0.2, 0.25) is 5.02 Å². The Bertz CT molecular complexity index is 1220. The highest BCUT2D eigenvalue weighted by Crippen LogP contribution is 2.31. The number of piperazine rings is 1. The number of fused-ring (bicyclic) bond motifs is 1. The molecule has 6 heteroatoms. The third-order valence-electron chi connectivity index (χ3n) is 6.23. The Morgan fingerprint density at radius 1 is 0.853 bits per heavy atom. The number of para-hydroxylation sites is 1. The fourth-order valence-corrected chi connectivity index (χ4v) is 4.58. The molecule has 3 aromatic rings. The molecule has 172 valence electrons. The zero-order chi connectivity index (χ0) is 23.3. The summed E-state index contributed by atoms with van der Waals surface area (Å²) in [7, 11) is 0. The highest BCUT2D eigenvalue weighted by molar-refractivity contribution is 6.54. The zero-order valence-electron chi connectivity index (χ0n) is 19.0. The van der Waals surface area contributed by atoms with E-state index in [4.69, 9.17) is 11.6 Å². The van der Waals surface area contributed by atoms with Crippen molar-refractivity contribution in [3.8, 4) is 0 Å². The van der Waals surface area contributed by atoms with Gasteiger partial charge in [0.1, 0.15) is 5.71 Å². The maximum Gasteiger partial charge on any atom is 0.278 e. The minimum absolute atomic E-state index is 0.0607. The number of nitrogens with zero attached hydrogens (tertiary/aromatic N) is 4. The van der Waals surface area contributed by atoms with Crippen molar-refractivity contribution in [3.63, 3.8) is 0 Å². The molecule has 0 bridgehead atoms. The van der Waals surface area contributed by atoms with Crippen LogP contribution < -0.4 is 4.90 Å². The average molecular weight is 471 g/mol. The first kappa shape index (κ1) is 22.5. The Kier molecular flexibility index (Phi) is 6.86. The Morgan fingerprint density at radius 3 is 2.38 bits per heavy atom. The molecular weight excluding hydrogens is 444 g/mol. The molecule has 0 saturated carbocycles. The predicted octanol–water partition coefficient (Wildman–Crippen LogP) is 5.10. The van der Waals surface area contributed by atoms with Gasteiger partial charge in [0, 0.05) is 43.3 Å². The largest absolute Gasteiger partial charge is 0.297 e. The summed E-state index contributed by atoms with van der Waals surface area (Å²) in [5, 5.41) is 0.605. The van der Waals surface area contributed by atoms with Crippen LogP contribution in [0.15, 0.2) is 89.9 Å². The molecule has 0 aliphatic carbocycles. The van der Waals surface area contributed by atoms with Gasteiger partial charge in [0.25, 0.3) is 5.91 Å². The van der Waals surface area contributed by atoms with Gasteiger partial charge in [-0.05, 0) is 29.8 Å². The van der Waals surface area contributed by atoms with Gasteiger partial charge in [-0.2, -0.15) is 0 Å². The van der Waals surface area contributed by atoms with E-state index in [1.165, 1.54) is 5.56 Å². The number of carbonyl (C=O) groups is 1. The van der Waals surface area contributed by atoms with E-state index in [1.54, 1.807) is 12.1 Å². The summed E-state index contributed by atoms with van der Waals surface area (Å²) < 4.78 is 0. The lowest BCUT2D eigenvalue weighted by Gasteiger charge is -2.36. The molecule has 2 aliphatic heterocycles. The molecular formula is C28H27ClN4O. The molecule has 1 amide bonds. The minimum atomic E-state index is -0.0607. The second kappa shape index (κ2) is 10.3. The van der Waals surface area contributed by atoms with Gasteiger partial charge in [0.05, 0.1) is 18.0 Å². The van der Waals surface area contributed by atoms with Gasteiger partial charge >= 0.3 is 0 Å². The standard InChI is InChI=1S/C28H27ClN4O/c29-23-11-6-12-24(20-23)30-27-25-13-4-5-14-26(25)33(28(27)34)21-32-18-16-31(17-19-32)15-7-10-22-8-2-1-3-9-22/h1-14,20H,15-19,21H2/b10-7+,30-27?. The maximum atomic E-state index is 13.4. The third kappa shape index (κ3) is 5.12. The Balaban J connectivity index is 1.23. The maximum absolute atomic E-state index is 13.4. The lowest BCUT2D eigenvalue weighted by molar-refractivity contribution is -0.112. The SMILES string of the molecule is O=C1C(=Nc2cccc(Cl)c2)c2ccccc2N1CN1CCN(C/C=C/c2ccccc2)CC1. The van der Waals surface area contributed by atoms with Crippen molar-refractivity contribution >= 4 is 40.7 Å². The Hall–Kier alpha value is -3.25. The summed E-state index contributed by atoms with van der Waals surface area (Å²) in [4.78, 5) is 24.7. The van der Waals surface area contributed by atoms with Crippen LogP contribution >= 0.6 is 11.6 Å². The molecule has 0 unspecified atom stereocenters. The molecule has 2 aliphatic rings. The molecule has 0 radical (unpaired) electrons. The Morgan fingerprint density at radius 2 is 1.59 bits per heavy atom. The topological polar surface area (TPSA) is 39.2 Å². The van der Waals surface area contributed by atoms with Crippen molar-refractivity contribution in [1.29, 1.82) is 0 Å². The summed E-state index contributed by atoms with van der Waals surface area (Å²) in [6, 6.07) is 25.6. The highest BCUT2D eigenvalue weighted by atomic mass is 35.5. The molecule has 2 heterocycles. The lowest BCUT2D eigenvalue weighted by Crippen LogP contribution is -2.51. The van der Waals surface area contributed by atoms with Gasteiger partial charge in [-0.3, -0.25) is 19.5 Å². The number of rotatable bonds is 6. The molecule has 5 rings (SSSR count). The highest BCUT2D eigenvalue weighted by Gasteiger charge is 2.35. The second-order valence-electron chi connectivity index (χ2n) is 8.56. The second-order valence-corrected chi connectivity index (χ2v) is 9.00. The van der Waals surface area contributed by atoms with Gasteiger partial charge in [-0.15, -0.1) is 0 Å². The smallest absolute Gasteiger partial charge is 0.278 e. The van der Waals surface area contributed by atoms with E-state index in [0.29, 0.717) is 23.1 Å². The van der Waals surface area contributed by atoms with Gasteiger partial charge in [-0.25, -0.2) is 4.99 Å². The van der Waals surface area contributed by atoms with Crippen molar-refractivity contribution in [3.05, 3.63) is 101 Å². The summed E-state index contributed by atoms with van der Waals surface area (Å²) in [5.41, 5.74) is 4.17. The quantitative estimate of drug-likeness (QED) is 0.503. The molecule has 3 aromatic carbocycles. The predicted molar refractivity (Wildman–Crippen MR) is 140 cm³/mol. The van der Waals surface area contributed by atoms with E-state index in [0.717, 1.165) is 44.0 Å². The number of halogens is 1. The van der Waals surface area contributed by atoms with Crippen LogP contribution in [0.4, 0.5) is 11.4 Å². The molecule has 1 saturated heterocycles. The summed E-state index contributed by atoms with van der Waals surface area (Å²) in [5.74, 6) is -0.0607. The van der Waals surface area contributed by atoms with Crippen LogP contribution in [0.1, 0.15) is 11.1 Å². The first-order chi connectivity index (χ1) is 16.7. The van der Waals surface area contributed by atoms with E-state index in [2.05, 4.69) is 51.2 Å². The summed E-state index contributed by atoms with van der Waals surface area (Å²) in [6.07, 6.45) is 4.40. The summed E-state index contributed by atoms with van der Waals surface area (Å²) in [6.45, 7) is 5.30. The van der Waals surface area contributed by atoms with Crippen molar-refractivity contribution in [1.82, 2.24) is 9.80 Å². The van der Waals surface area contributed by atoms with Gasteiger partial charge < -0.3 is 0 Å². The molecule has 34 heavy (non-hydrogen) atoms. The fraction of sp³-hybridized carbons (Fsp3) is 0.214. The normalized spacial score (nSPS) is 18.2. The Labute approximate surface area is 205 Å². The zero-order valence-corrected chi connectivity index (χ0v) is 19.7. The van der Waals surface area contributed by atoms with Gasteiger partial charge in [0.2, 0.25) is 0 Å². The van der Waals surface area contributed by atoms with Crippen LogP contribution in [-0.2, 0) is 4.79 Å². The molecule has 0 atom stereocenters. The van der Waals surface area contributed by atoms with Crippen molar-refractivity contribution < 1.29 is 4.79 Å². The van der Waals surface area contributed by atoms with Gasteiger partial charge in [0.15, 0.2) is 0 Å². The number of carbonyl (C=O) groups excluding carboxylic acids is 1. The molecule has 0 N–H and O–H groups in total. The molecule has 1 fully saturated rings. The van der Waals surface area contributed by atoms with Crippen LogP contribution in [0.3, 0.4) is 0 Å². The van der Waals surface area contributed by atoms with Crippen LogP contribution in [0, 0.1) is 0 Å². The van der Waals surface area contributed by atoms with E-state index in [1.807, 2.05) is 47.4 Å². The molecule has 0 spiro atoms. The van der Waals surface area contributed by atoms with E-state index < -0.39 is 0 Å². The molecule has 0 aromatic heterocycles. The average Bonchev–Trinajstić information content (AvgIpc) is 3.12. The lowest BCUT2D eigenvalue weighted by atomic mass is 10.1. The number of hydrogen-bond donors (Lipinski definition) is 0. The summed E-state index contributed by atoms with van der Waals surface area (Å²) >= 11 is 6.12. The van der Waals surface area contributed by atoms with Crippen LogP contribution in [0.5, 0.6) is 0 Å². The number of hydrogen-bond acceptors (Lipinski definition) is 4. The van der Waals surface area contributed by atoms with Gasteiger partial charge in [-0.1, -0.05) is 78.4 Å². The minimum Gasteiger partial charge on any atom is -0.297 e. The number of benzene rings is 3.